The van der Waals surface area contributed by atoms with Gasteiger partial charge in [-0.25, -0.2) is 0 Å². The number of rotatable bonds is 4. The maximum absolute atomic E-state index is 3.96. The maximum Gasteiger partial charge on any atom is 0.0620 e. The highest BCUT2D eigenvalue weighted by Gasteiger charge is 2.34. The Morgan fingerprint density at radius 3 is 1.83 bits per heavy atom. The summed E-state index contributed by atoms with van der Waals surface area (Å²) in [5, 5.41) is 13.1. The predicted molar refractivity (Wildman–Crippen MR) is 250 cm³/mol. The molecule has 5 heterocycles. The van der Waals surface area contributed by atoms with E-state index in [0.29, 0.717) is 0 Å². The molecule has 0 fully saturated rings. The first-order valence-electron chi connectivity index (χ1n) is 20.6. The van der Waals surface area contributed by atoms with E-state index >= 15 is 0 Å². The fraction of sp³-hybridized carbons (Fsp3) is 0.0357. The van der Waals surface area contributed by atoms with E-state index in [4.69, 9.17) is 0 Å². The van der Waals surface area contributed by atoms with Crippen LogP contribution in [0.2, 0.25) is 0 Å². The number of hydrogen-bond acceptors (Lipinski definition) is 0. The number of para-hydroxylation sites is 4. The molecule has 0 saturated carbocycles. The third-order valence-electron chi connectivity index (χ3n) is 13.7. The molecule has 5 aromatic heterocycles. The molecule has 0 N–H and O–H groups in total. The molecule has 59 heavy (non-hydrogen) atoms. The van der Waals surface area contributed by atoms with Crippen LogP contribution in [0.5, 0.6) is 0 Å². The molecular formula is C56H35N3. The van der Waals surface area contributed by atoms with Crippen molar-refractivity contribution in [3.63, 3.8) is 0 Å². The van der Waals surface area contributed by atoms with Crippen molar-refractivity contribution in [3.8, 4) is 16.8 Å². The highest BCUT2D eigenvalue weighted by Crippen LogP contribution is 2.54. The van der Waals surface area contributed by atoms with Gasteiger partial charge in [-0.05, 0) is 83.3 Å². The quantitative estimate of drug-likeness (QED) is 0.159. The topological polar surface area (TPSA) is 13.8 Å². The predicted octanol–water partition coefficient (Wildman–Crippen LogP) is 14.9. The van der Waals surface area contributed by atoms with Crippen LogP contribution in [-0.2, 0) is 0 Å². The van der Waals surface area contributed by atoms with Gasteiger partial charge < -0.3 is 13.4 Å². The summed E-state index contributed by atoms with van der Waals surface area (Å²) >= 11 is 0. The van der Waals surface area contributed by atoms with E-state index in [9.17, 15) is 0 Å². The molecule has 3 nitrogen and oxygen atoms in total. The van der Waals surface area contributed by atoms with Gasteiger partial charge in [-0.3, -0.25) is 0 Å². The van der Waals surface area contributed by atoms with Crippen LogP contribution in [0, 0.1) is 0 Å². The average Bonchev–Trinajstić information content (AvgIpc) is 4.12. The first-order valence-corrected chi connectivity index (χ1v) is 20.6. The number of benzene rings is 8. The molecule has 14 rings (SSSR count). The highest BCUT2D eigenvalue weighted by molar-refractivity contribution is 6.34. The smallest absolute Gasteiger partial charge is 0.0620 e. The monoisotopic (exact) mass is 749 g/mol. The van der Waals surface area contributed by atoms with Crippen LogP contribution in [0.15, 0.2) is 188 Å². The van der Waals surface area contributed by atoms with Gasteiger partial charge in [0, 0.05) is 65.5 Å². The molecule has 1 aliphatic carbocycles. The molecule has 1 aliphatic rings. The molecule has 0 radical (unpaired) electrons. The zero-order chi connectivity index (χ0) is 38.7. The first-order chi connectivity index (χ1) is 29.2. The van der Waals surface area contributed by atoms with Gasteiger partial charge in [0.2, 0.25) is 0 Å². The van der Waals surface area contributed by atoms with Crippen molar-refractivity contribution in [3.05, 3.63) is 199 Å². The zero-order valence-electron chi connectivity index (χ0n) is 32.4. The van der Waals surface area contributed by atoms with Crippen LogP contribution < -0.4 is 0 Å². The minimum Gasteiger partial charge on any atom is -0.309 e. The zero-order valence-corrected chi connectivity index (χ0v) is 32.4. The normalized spacial score (nSPS) is 14.8. The van der Waals surface area contributed by atoms with Crippen LogP contribution in [0.3, 0.4) is 0 Å². The van der Waals surface area contributed by atoms with Crippen molar-refractivity contribution < 1.29 is 0 Å². The summed E-state index contributed by atoms with van der Waals surface area (Å²) in [4.78, 5) is 0. The Kier molecular flexibility index (Phi) is 5.90. The van der Waals surface area contributed by atoms with Gasteiger partial charge in [0.05, 0.1) is 44.1 Å². The lowest BCUT2D eigenvalue weighted by Gasteiger charge is -2.15. The molecular weight excluding hydrogens is 715 g/mol. The van der Waals surface area contributed by atoms with Crippen LogP contribution in [-0.4, -0.2) is 13.4 Å². The second-order valence-electron chi connectivity index (χ2n) is 16.3. The summed E-state index contributed by atoms with van der Waals surface area (Å²) in [6.45, 7) is 6.11. The molecule has 1 unspecified atom stereocenters. The molecule has 0 amide bonds. The summed E-state index contributed by atoms with van der Waals surface area (Å²) in [5.41, 5.74) is 18.0. The van der Waals surface area contributed by atoms with E-state index < -0.39 is 0 Å². The Balaban J connectivity index is 1.09. The third-order valence-corrected chi connectivity index (χ3v) is 13.7. The van der Waals surface area contributed by atoms with Crippen LogP contribution in [0.1, 0.15) is 24.0 Å². The highest BCUT2D eigenvalue weighted by atomic mass is 15.0. The molecule has 1 atom stereocenters. The van der Waals surface area contributed by atoms with Crippen molar-refractivity contribution in [2.45, 2.75) is 12.8 Å². The lowest BCUT2D eigenvalue weighted by molar-refractivity contribution is 1.01. The fourth-order valence-electron chi connectivity index (χ4n) is 11.5. The van der Waals surface area contributed by atoms with Gasteiger partial charge in [0.15, 0.2) is 0 Å². The Labute approximate surface area is 338 Å². The lowest BCUT2D eigenvalue weighted by Crippen LogP contribution is -1.99. The van der Waals surface area contributed by atoms with Crippen LogP contribution in [0.25, 0.3) is 115 Å². The third kappa shape index (κ3) is 3.71. The molecule has 0 bridgehead atoms. The van der Waals surface area contributed by atoms with E-state index in [2.05, 4.69) is 197 Å². The fourth-order valence-corrected chi connectivity index (χ4v) is 11.5. The largest absolute Gasteiger partial charge is 0.309 e. The maximum atomic E-state index is 3.96. The van der Waals surface area contributed by atoms with E-state index in [1.807, 2.05) is 6.08 Å². The minimum atomic E-state index is 0.174. The van der Waals surface area contributed by atoms with Gasteiger partial charge in [-0.1, -0.05) is 134 Å². The Morgan fingerprint density at radius 2 is 1.08 bits per heavy atom. The number of hydrogen-bond donors (Lipinski definition) is 0. The Hall–Kier alpha value is -7.62. The number of allylic oxidation sites excluding steroid dienone is 5. The first kappa shape index (κ1) is 31.5. The molecule has 0 aliphatic heterocycles. The summed E-state index contributed by atoms with van der Waals surface area (Å²) in [5.74, 6) is 0.174. The van der Waals surface area contributed by atoms with E-state index in [-0.39, 0.29) is 5.92 Å². The Bertz CT molecular complexity index is 4030. The van der Waals surface area contributed by atoms with Crippen molar-refractivity contribution in [1.82, 2.24) is 13.4 Å². The van der Waals surface area contributed by atoms with Crippen molar-refractivity contribution in [1.29, 1.82) is 0 Å². The summed E-state index contributed by atoms with van der Waals surface area (Å²) < 4.78 is 7.55. The van der Waals surface area contributed by atoms with Gasteiger partial charge >= 0.3 is 0 Å². The lowest BCUT2D eigenvalue weighted by atomic mass is 9.88. The molecule has 3 heteroatoms. The van der Waals surface area contributed by atoms with E-state index in [0.717, 1.165) is 0 Å². The molecule has 8 aromatic carbocycles. The molecule has 274 valence electrons. The Morgan fingerprint density at radius 1 is 0.492 bits per heavy atom. The standard InChI is InChI=1S/C56H35N3/c1-3-5-15-32(4-2)50-34-18-9-10-19-35(34)51-39(50)26-27-46-53(51)40-23-13-21-36-42-31-49-43(30-48(42)58(46)55(36)40)37-22-14-24-41-54-47(59(49)56(37)41)29-28-45-52(54)38-20-11-12-25-44(38)57(45)33-16-7-6-8-17-33/h3-31,50H,1H2,2H3/b15-5-,32-4+. The second-order valence-corrected chi connectivity index (χ2v) is 16.3. The van der Waals surface area contributed by atoms with Crippen molar-refractivity contribution in [2.24, 2.45) is 0 Å². The van der Waals surface area contributed by atoms with Crippen LogP contribution >= 0.6 is 0 Å². The number of aromatic nitrogens is 3. The average molecular weight is 750 g/mol. The van der Waals surface area contributed by atoms with Crippen molar-refractivity contribution in [2.75, 3.05) is 0 Å². The van der Waals surface area contributed by atoms with Crippen LogP contribution in [0.4, 0.5) is 0 Å². The summed E-state index contributed by atoms with van der Waals surface area (Å²) in [7, 11) is 0. The minimum absolute atomic E-state index is 0.174. The molecule has 0 saturated heterocycles. The second kappa shape index (κ2) is 11.1. The number of nitrogens with zero attached hydrogens (tertiary/aromatic N) is 3. The van der Waals surface area contributed by atoms with Crippen molar-refractivity contribution >= 4 is 98.0 Å². The molecule has 13 aromatic rings. The van der Waals surface area contributed by atoms with E-state index in [1.54, 1.807) is 0 Å². The number of fused-ring (bicyclic) bond motifs is 20. The van der Waals surface area contributed by atoms with Gasteiger partial charge in [-0.15, -0.1) is 0 Å². The van der Waals surface area contributed by atoms with Gasteiger partial charge in [0.25, 0.3) is 0 Å². The summed E-state index contributed by atoms with van der Waals surface area (Å²) in [6.07, 6.45) is 8.41. The van der Waals surface area contributed by atoms with Gasteiger partial charge in [0.1, 0.15) is 0 Å². The van der Waals surface area contributed by atoms with Gasteiger partial charge in [-0.2, -0.15) is 0 Å². The SMILES string of the molecule is C=C/C=C\C(=C/C)C1c2ccccc2-c2c1ccc1c2c2cccc3c4cc5c(cc4n1c32)c1cccc2c3c4c6ccccc6n(-c6ccccc6)c4ccc3n5c12. The molecule has 0 spiro atoms. The summed E-state index contributed by atoms with van der Waals surface area (Å²) in [6, 6.07) is 57.0. The van der Waals surface area contributed by atoms with E-state index in [1.165, 1.54) is 132 Å².